The summed E-state index contributed by atoms with van der Waals surface area (Å²) in [5.41, 5.74) is 0.541. The van der Waals surface area contributed by atoms with Gasteiger partial charge in [-0.15, -0.1) is 0 Å². The summed E-state index contributed by atoms with van der Waals surface area (Å²) in [6, 6.07) is 4.92. The van der Waals surface area contributed by atoms with Crippen LogP contribution in [0.4, 0.5) is 0 Å². The van der Waals surface area contributed by atoms with E-state index in [0.717, 1.165) is 0 Å². The van der Waals surface area contributed by atoms with Gasteiger partial charge >= 0.3 is 0 Å². The van der Waals surface area contributed by atoms with Crippen LogP contribution in [-0.4, -0.2) is 12.9 Å². The van der Waals surface area contributed by atoms with Gasteiger partial charge in [-0.1, -0.05) is 11.6 Å². The van der Waals surface area contributed by atoms with Crippen molar-refractivity contribution in [1.29, 1.82) is 0 Å². The number of halogens is 1. The first-order valence-corrected chi connectivity index (χ1v) is 4.22. The van der Waals surface area contributed by atoms with Crippen molar-refractivity contribution in [3.8, 4) is 5.75 Å². The Balaban J connectivity index is 3.08. The summed E-state index contributed by atoms with van der Waals surface area (Å²) in [4.78, 5) is 11.3. The summed E-state index contributed by atoms with van der Waals surface area (Å²) in [6.07, 6.45) is 0.226. The van der Waals surface area contributed by atoms with Crippen molar-refractivity contribution in [1.82, 2.24) is 0 Å². The molecular weight excluding hydrogens is 188 g/mol. The SMILES string of the molecule is [CH2]CC(=O)c1cc(Cl)cc(OC)c1. The molecule has 0 aliphatic heterocycles. The minimum Gasteiger partial charge on any atom is -0.497 e. The fourth-order valence-corrected chi connectivity index (χ4v) is 1.21. The molecule has 0 saturated heterocycles. The van der Waals surface area contributed by atoms with E-state index < -0.39 is 0 Å². The molecule has 1 aromatic rings. The maximum Gasteiger partial charge on any atom is 0.163 e. The summed E-state index contributed by atoms with van der Waals surface area (Å²) in [7, 11) is 1.53. The molecule has 0 aliphatic rings. The molecule has 0 saturated carbocycles. The van der Waals surface area contributed by atoms with Crippen molar-refractivity contribution in [3.05, 3.63) is 35.7 Å². The third-order valence-electron chi connectivity index (χ3n) is 1.66. The molecule has 0 aliphatic carbocycles. The number of benzene rings is 1. The highest BCUT2D eigenvalue weighted by Crippen LogP contribution is 2.21. The van der Waals surface area contributed by atoms with Crippen LogP contribution in [-0.2, 0) is 0 Å². The number of methoxy groups -OCH3 is 1. The molecule has 0 bridgehead atoms. The molecule has 0 aromatic heterocycles. The van der Waals surface area contributed by atoms with Crippen molar-refractivity contribution in [2.24, 2.45) is 0 Å². The van der Waals surface area contributed by atoms with Crippen LogP contribution >= 0.6 is 11.6 Å². The molecule has 0 spiro atoms. The fourth-order valence-electron chi connectivity index (χ4n) is 0.986. The number of ether oxygens (including phenoxy) is 1. The van der Waals surface area contributed by atoms with E-state index in [2.05, 4.69) is 6.92 Å². The van der Waals surface area contributed by atoms with Crippen molar-refractivity contribution in [2.75, 3.05) is 7.11 Å². The van der Waals surface area contributed by atoms with Crippen LogP contribution in [0.5, 0.6) is 5.75 Å². The first kappa shape index (κ1) is 10.1. The lowest BCUT2D eigenvalue weighted by Crippen LogP contribution is -1.97. The van der Waals surface area contributed by atoms with Gasteiger partial charge in [-0.05, 0) is 25.1 Å². The van der Waals surface area contributed by atoms with Gasteiger partial charge in [0.2, 0.25) is 0 Å². The number of hydrogen-bond acceptors (Lipinski definition) is 2. The van der Waals surface area contributed by atoms with E-state index in [4.69, 9.17) is 16.3 Å². The second kappa shape index (κ2) is 4.28. The lowest BCUT2D eigenvalue weighted by Gasteiger charge is -2.03. The van der Waals surface area contributed by atoms with Gasteiger partial charge in [0.25, 0.3) is 0 Å². The highest BCUT2D eigenvalue weighted by atomic mass is 35.5. The van der Waals surface area contributed by atoms with Crippen LogP contribution in [0.1, 0.15) is 16.8 Å². The fraction of sp³-hybridized carbons (Fsp3) is 0.200. The first-order valence-electron chi connectivity index (χ1n) is 3.84. The zero-order chi connectivity index (χ0) is 9.84. The molecule has 0 atom stereocenters. The predicted molar refractivity (Wildman–Crippen MR) is 52.3 cm³/mol. The van der Waals surface area contributed by atoms with E-state index in [1.165, 1.54) is 7.11 Å². The minimum atomic E-state index is -0.0409. The van der Waals surface area contributed by atoms with Gasteiger partial charge in [0.05, 0.1) is 7.11 Å². The number of Topliss-reactive ketones (excluding diaryl/α,β-unsaturated/α-hetero) is 1. The molecule has 13 heavy (non-hydrogen) atoms. The van der Waals surface area contributed by atoms with Crippen LogP contribution in [0.15, 0.2) is 18.2 Å². The van der Waals surface area contributed by atoms with E-state index in [1.807, 2.05) is 0 Å². The van der Waals surface area contributed by atoms with Gasteiger partial charge in [0.15, 0.2) is 5.78 Å². The van der Waals surface area contributed by atoms with Crippen LogP contribution in [0.3, 0.4) is 0 Å². The Bertz CT molecular complexity index is 321. The maximum atomic E-state index is 11.3. The summed E-state index contributed by atoms with van der Waals surface area (Å²) < 4.78 is 4.97. The number of hydrogen-bond donors (Lipinski definition) is 0. The Hall–Kier alpha value is -1.02. The van der Waals surface area contributed by atoms with Crippen LogP contribution in [0.25, 0.3) is 0 Å². The Morgan fingerprint density at radius 3 is 2.77 bits per heavy atom. The number of carbonyl (C=O) groups excluding carboxylic acids is 1. The standard InChI is InChI=1S/C10H10ClO2/c1-3-10(12)7-4-8(11)6-9(5-7)13-2/h4-6H,1,3H2,2H3. The van der Waals surface area contributed by atoms with Crippen molar-refractivity contribution in [3.63, 3.8) is 0 Å². The Kier molecular flexibility index (Phi) is 3.32. The summed E-state index contributed by atoms with van der Waals surface area (Å²) in [5, 5.41) is 0.496. The van der Waals surface area contributed by atoms with Crippen LogP contribution in [0.2, 0.25) is 5.02 Å². The molecule has 1 radical (unpaired) electrons. The average molecular weight is 198 g/mol. The minimum absolute atomic E-state index is 0.0409. The smallest absolute Gasteiger partial charge is 0.163 e. The average Bonchev–Trinajstić information content (AvgIpc) is 2.15. The second-order valence-corrected chi connectivity index (χ2v) is 2.99. The highest BCUT2D eigenvalue weighted by molar-refractivity contribution is 6.31. The van der Waals surface area contributed by atoms with Crippen molar-refractivity contribution >= 4 is 17.4 Å². The molecule has 1 rings (SSSR count). The Morgan fingerprint density at radius 1 is 1.54 bits per heavy atom. The van der Waals surface area contributed by atoms with Crippen LogP contribution in [0, 0.1) is 6.92 Å². The third kappa shape index (κ3) is 2.46. The summed E-state index contributed by atoms with van der Waals surface area (Å²) >= 11 is 5.78. The van der Waals surface area contributed by atoms with Crippen LogP contribution < -0.4 is 4.74 Å². The molecule has 0 heterocycles. The molecule has 2 nitrogen and oxygen atoms in total. The van der Waals surface area contributed by atoms with Gasteiger partial charge in [0, 0.05) is 17.0 Å². The third-order valence-corrected chi connectivity index (χ3v) is 1.87. The number of rotatable bonds is 3. The summed E-state index contributed by atoms with van der Waals surface area (Å²) in [6.45, 7) is 3.51. The number of carbonyl (C=O) groups is 1. The lowest BCUT2D eigenvalue weighted by atomic mass is 10.1. The molecular formula is C10H10ClO2. The van der Waals surface area contributed by atoms with E-state index >= 15 is 0 Å². The van der Waals surface area contributed by atoms with Crippen molar-refractivity contribution < 1.29 is 9.53 Å². The molecule has 3 heteroatoms. The second-order valence-electron chi connectivity index (χ2n) is 2.55. The van der Waals surface area contributed by atoms with Gasteiger partial charge in [0.1, 0.15) is 5.75 Å². The van der Waals surface area contributed by atoms with Gasteiger partial charge in [-0.3, -0.25) is 4.79 Å². The van der Waals surface area contributed by atoms with E-state index in [0.29, 0.717) is 16.3 Å². The van der Waals surface area contributed by atoms with Crippen molar-refractivity contribution in [2.45, 2.75) is 6.42 Å². The van der Waals surface area contributed by atoms with E-state index in [-0.39, 0.29) is 12.2 Å². The Labute approximate surface area is 82.5 Å². The van der Waals surface area contributed by atoms with Gasteiger partial charge < -0.3 is 4.74 Å². The topological polar surface area (TPSA) is 26.3 Å². The normalized spacial score (nSPS) is 9.77. The highest BCUT2D eigenvalue weighted by Gasteiger charge is 2.05. The predicted octanol–water partition coefficient (Wildman–Crippen LogP) is 2.76. The monoisotopic (exact) mass is 197 g/mol. The zero-order valence-corrected chi connectivity index (χ0v) is 8.10. The molecule has 69 valence electrons. The van der Waals surface area contributed by atoms with E-state index in [1.54, 1.807) is 18.2 Å². The lowest BCUT2D eigenvalue weighted by molar-refractivity contribution is 0.0994. The molecule has 0 unspecified atom stereocenters. The maximum absolute atomic E-state index is 11.3. The largest absolute Gasteiger partial charge is 0.497 e. The molecule has 0 amide bonds. The molecule has 0 N–H and O–H groups in total. The van der Waals surface area contributed by atoms with Gasteiger partial charge in [-0.2, -0.15) is 0 Å². The first-order chi connectivity index (χ1) is 6.17. The number of ketones is 1. The quantitative estimate of drug-likeness (QED) is 0.697. The Morgan fingerprint density at radius 2 is 2.23 bits per heavy atom. The molecule has 0 fully saturated rings. The summed E-state index contributed by atoms with van der Waals surface area (Å²) in [5.74, 6) is 0.546. The molecule has 1 aromatic carbocycles. The van der Waals surface area contributed by atoms with Gasteiger partial charge in [-0.25, -0.2) is 0 Å². The van der Waals surface area contributed by atoms with E-state index in [9.17, 15) is 4.79 Å². The zero-order valence-electron chi connectivity index (χ0n) is 7.34.